The van der Waals surface area contributed by atoms with Gasteiger partial charge in [-0.25, -0.2) is 0 Å². The maximum Gasteiger partial charge on any atom is 0.136 e. The zero-order chi connectivity index (χ0) is 35.8. The van der Waals surface area contributed by atoms with Crippen molar-refractivity contribution < 1.29 is 4.42 Å². The van der Waals surface area contributed by atoms with Gasteiger partial charge in [-0.2, -0.15) is 0 Å². The summed E-state index contributed by atoms with van der Waals surface area (Å²) in [7, 11) is 0. The van der Waals surface area contributed by atoms with Crippen LogP contribution in [-0.4, -0.2) is 0 Å². The third-order valence-electron chi connectivity index (χ3n) is 10.8. The van der Waals surface area contributed by atoms with E-state index < -0.39 is 0 Å². The Morgan fingerprint density at radius 1 is 0.463 bits per heavy atom. The van der Waals surface area contributed by atoms with Crippen LogP contribution >= 0.6 is 0 Å². The van der Waals surface area contributed by atoms with E-state index in [-0.39, 0.29) is 0 Å². The lowest BCUT2D eigenvalue weighted by atomic mass is 9.84. The number of furan rings is 1. The molecule has 0 bridgehead atoms. The highest BCUT2D eigenvalue weighted by atomic mass is 16.3. The zero-order valence-electron chi connectivity index (χ0n) is 29.8. The molecule has 0 spiro atoms. The number of hydrogen-bond donors (Lipinski definition) is 0. The Balaban J connectivity index is 1.01. The molecule has 0 aliphatic heterocycles. The number of benzene rings is 8. The quantitative estimate of drug-likeness (QED) is 0.165. The molecule has 10 rings (SSSR count). The van der Waals surface area contributed by atoms with Gasteiger partial charge in [-0.1, -0.05) is 158 Å². The molecule has 0 saturated heterocycles. The smallest absolute Gasteiger partial charge is 0.136 e. The highest BCUT2D eigenvalue weighted by Crippen LogP contribution is 2.42. The minimum Gasteiger partial charge on any atom is -0.456 e. The molecule has 9 aromatic rings. The van der Waals surface area contributed by atoms with Gasteiger partial charge in [0.05, 0.1) is 0 Å². The van der Waals surface area contributed by atoms with Gasteiger partial charge < -0.3 is 9.32 Å². The summed E-state index contributed by atoms with van der Waals surface area (Å²) in [5, 5.41) is 4.88. The highest BCUT2D eigenvalue weighted by molar-refractivity contribution is 6.12. The average Bonchev–Trinajstić information content (AvgIpc) is 3.64. The molecule has 54 heavy (non-hydrogen) atoms. The Hall–Kier alpha value is -6.90. The van der Waals surface area contributed by atoms with Crippen LogP contribution in [-0.2, 0) is 0 Å². The molecule has 0 saturated carbocycles. The van der Waals surface area contributed by atoms with Crippen LogP contribution in [0.5, 0.6) is 0 Å². The maximum atomic E-state index is 6.22. The van der Waals surface area contributed by atoms with Crippen LogP contribution in [0.3, 0.4) is 0 Å². The minimum atomic E-state index is 0.300. The molecule has 1 aliphatic carbocycles. The predicted molar refractivity (Wildman–Crippen MR) is 228 cm³/mol. The van der Waals surface area contributed by atoms with Crippen LogP contribution in [0.25, 0.3) is 60.5 Å². The van der Waals surface area contributed by atoms with Crippen molar-refractivity contribution in [2.45, 2.75) is 12.3 Å². The Labute approximate surface area is 315 Å². The normalized spacial score (nSPS) is 14.1. The Kier molecular flexibility index (Phi) is 8.00. The predicted octanol–water partition coefficient (Wildman–Crippen LogP) is 14.7. The second kappa shape index (κ2) is 13.6. The van der Waals surface area contributed by atoms with Crippen LogP contribution in [0.15, 0.2) is 211 Å². The number of allylic oxidation sites excluding steroid dienone is 4. The number of fused-ring (bicyclic) bond motifs is 4. The second-order valence-corrected chi connectivity index (χ2v) is 14.1. The Morgan fingerprint density at radius 2 is 1.11 bits per heavy atom. The fourth-order valence-electron chi connectivity index (χ4n) is 8.19. The molecule has 2 nitrogen and oxygen atoms in total. The molecule has 0 fully saturated rings. The average molecular weight is 692 g/mol. The number of anilines is 3. The molecule has 1 atom stereocenters. The van der Waals surface area contributed by atoms with E-state index in [9.17, 15) is 0 Å². The fourth-order valence-corrected chi connectivity index (χ4v) is 8.19. The van der Waals surface area contributed by atoms with Crippen molar-refractivity contribution in [3.05, 3.63) is 217 Å². The number of para-hydroxylation sites is 1. The lowest BCUT2D eigenvalue weighted by Crippen LogP contribution is -2.10. The first-order valence-corrected chi connectivity index (χ1v) is 18.7. The topological polar surface area (TPSA) is 16.4 Å². The van der Waals surface area contributed by atoms with Crippen molar-refractivity contribution in [2.24, 2.45) is 0 Å². The molecule has 256 valence electrons. The first-order chi connectivity index (χ1) is 26.8. The summed E-state index contributed by atoms with van der Waals surface area (Å²) >= 11 is 0. The van der Waals surface area contributed by atoms with Gasteiger partial charge in [0.15, 0.2) is 0 Å². The molecule has 1 unspecified atom stereocenters. The maximum absolute atomic E-state index is 6.22. The van der Waals surface area contributed by atoms with Gasteiger partial charge in [-0.05, 0) is 105 Å². The summed E-state index contributed by atoms with van der Waals surface area (Å²) in [6.45, 7) is 0. The SMILES string of the molecule is C1=CC(c2ccc(N(c3ccc(-c4cccc5oc6ccccc6c45)cc3)c3cccc(-c4ccccc4)c3)cc2)CC(c2cccc3ccccc23)=C1. The van der Waals surface area contributed by atoms with E-state index in [2.05, 4.69) is 199 Å². The standard InChI is InChI=1S/C52H37NO/c1-2-12-36(13-3-1)41-17-9-19-45(35-41)53(44-32-28-39(29-33-44)48-23-11-25-51-52(48)49-21-6-7-24-50(49)54-51)43-30-26-37(27-31-43)40-16-8-18-42(34-40)47-22-10-15-38-14-4-5-20-46(38)47/h1-33,35,40H,34H2. The molecule has 0 radical (unpaired) electrons. The van der Waals surface area contributed by atoms with E-state index in [4.69, 9.17) is 4.42 Å². The van der Waals surface area contributed by atoms with Crippen LogP contribution < -0.4 is 4.90 Å². The van der Waals surface area contributed by atoms with E-state index >= 15 is 0 Å². The van der Waals surface area contributed by atoms with Gasteiger partial charge in [-0.3, -0.25) is 0 Å². The zero-order valence-corrected chi connectivity index (χ0v) is 29.8. The van der Waals surface area contributed by atoms with Gasteiger partial charge in [0.1, 0.15) is 11.2 Å². The Morgan fingerprint density at radius 3 is 1.96 bits per heavy atom. The second-order valence-electron chi connectivity index (χ2n) is 14.1. The third kappa shape index (κ3) is 5.79. The largest absolute Gasteiger partial charge is 0.456 e. The van der Waals surface area contributed by atoms with Crippen molar-refractivity contribution in [2.75, 3.05) is 4.90 Å². The number of rotatable bonds is 7. The van der Waals surface area contributed by atoms with Crippen molar-refractivity contribution in [1.29, 1.82) is 0 Å². The molecule has 1 aromatic heterocycles. The van der Waals surface area contributed by atoms with Gasteiger partial charge in [0.2, 0.25) is 0 Å². The lowest BCUT2D eigenvalue weighted by molar-refractivity contribution is 0.669. The molecular formula is C52H37NO. The van der Waals surface area contributed by atoms with Gasteiger partial charge in [-0.15, -0.1) is 0 Å². The first kappa shape index (κ1) is 31.8. The third-order valence-corrected chi connectivity index (χ3v) is 10.8. The molecule has 1 heterocycles. The minimum absolute atomic E-state index is 0.300. The summed E-state index contributed by atoms with van der Waals surface area (Å²) < 4.78 is 6.22. The van der Waals surface area contributed by atoms with E-state index in [0.29, 0.717) is 5.92 Å². The summed E-state index contributed by atoms with van der Waals surface area (Å²) in [6.07, 6.45) is 7.82. The summed E-state index contributed by atoms with van der Waals surface area (Å²) in [6, 6.07) is 67.5. The van der Waals surface area contributed by atoms with Crippen LogP contribution in [0.1, 0.15) is 23.5 Å². The molecule has 2 heteroatoms. The van der Waals surface area contributed by atoms with E-state index in [1.807, 2.05) is 12.1 Å². The van der Waals surface area contributed by atoms with Gasteiger partial charge >= 0.3 is 0 Å². The van der Waals surface area contributed by atoms with Crippen LogP contribution in [0, 0.1) is 0 Å². The number of hydrogen-bond acceptors (Lipinski definition) is 2. The van der Waals surface area contributed by atoms with Gasteiger partial charge in [0.25, 0.3) is 0 Å². The molecule has 0 amide bonds. The van der Waals surface area contributed by atoms with Crippen molar-refractivity contribution in [3.8, 4) is 22.3 Å². The Bertz CT molecular complexity index is 2840. The van der Waals surface area contributed by atoms with E-state index in [1.165, 1.54) is 44.2 Å². The van der Waals surface area contributed by atoms with E-state index in [1.54, 1.807) is 0 Å². The first-order valence-electron chi connectivity index (χ1n) is 18.7. The molecule has 1 aliphatic rings. The fraction of sp³-hybridized carbons (Fsp3) is 0.0385. The highest BCUT2D eigenvalue weighted by Gasteiger charge is 2.19. The van der Waals surface area contributed by atoms with Crippen LogP contribution in [0.2, 0.25) is 0 Å². The summed E-state index contributed by atoms with van der Waals surface area (Å²) in [5.74, 6) is 0.300. The van der Waals surface area contributed by atoms with Gasteiger partial charge in [0, 0.05) is 33.8 Å². The summed E-state index contributed by atoms with van der Waals surface area (Å²) in [4.78, 5) is 2.37. The lowest BCUT2D eigenvalue weighted by Gasteiger charge is -2.27. The van der Waals surface area contributed by atoms with Crippen molar-refractivity contribution in [3.63, 3.8) is 0 Å². The molecule has 8 aromatic carbocycles. The monoisotopic (exact) mass is 691 g/mol. The van der Waals surface area contributed by atoms with Crippen molar-refractivity contribution in [1.82, 2.24) is 0 Å². The van der Waals surface area contributed by atoms with E-state index in [0.717, 1.165) is 51.0 Å². The van der Waals surface area contributed by atoms with Crippen LogP contribution in [0.4, 0.5) is 17.1 Å². The number of nitrogens with zero attached hydrogens (tertiary/aromatic N) is 1. The summed E-state index contributed by atoms with van der Waals surface area (Å²) in [5.41, 5.74) is 13.9. The van der Waals surface area contributed by atoms with Crippen molar-refractivity contribution >= 4 is 55.3 Å². The molecule has 0 N–H and O–H groups in total. The molecular weight excluding hydrogens is 655 g/mol.